The van der Waals surface area contributed by atoms with Crippen LogP contribution in [0.25, 0.3) is 0 Å². The Bertz CT molecular complexity index is 947. The lowest BCUT2D eigenvalue weighted by molar-refractivity contribution is -0.117. The van der Waals surface area contributed by atoms with Gasteiger partial charge in [0.2, 0.25) is 5.91 Å². The molecule has 0 spiro atoms. The van der Waals surface area contributed by atoms with Gasteiger partial charge < -0.3 is 5.32 Å². The molecule has 0 unspecified atom stereocenters. The summed E-state index contributed by atoms with van der Waals surface area (Å²) < 4.78 is 55.2. The van der Waals surface area contributed by atoms with Crippen LogP contribution in [0.2, 0.25) is 0 Å². The van der Waals surface area contributed by atoms with E-state index in [1.54, 1.807) is 21.8 Å². The van der Waals surface area contributed by atoms with Crippen LogP contribution in [0.3, 0.4) is 0 Å². The van der Waals surface area contributed by atoms with Crippen molar-refractivity contribution in [2.45, 2.75) is 39.4 Å². The smallest absolute Gasteiger partial charge is 0.282 e. The van der Waals surface area contributed by atoms with Gasteiger partial charge in [-0.3, -0.25) is 18.8 Å². The van der Waals surface area contributed by atoms with Crippen molar-refractivity contribution in [1.29, 1.82) is 0 Å². The Morgan fingerprint density at radius 3 is 2.50 bits per heavy atom. The van der Waals surface area contributed by atoms with Crippen molar-refractivity contribution in [3.05, 3.63) is 47.8 Å². The van der Waals surface area contributed by atoms with E-state index in [0.717, 1.165) is 12.1 Å². The maximum Gasteiger partial charge on any atom is 0.282 e. The maximum absolute atomic E-state index is 13.0. The highest BCUT2D eigenvalue weighted by atomic mass is 19.3. The molecule has 0 radical (unpaired) electrons. The highest BCUT2D eigenvalue weighted by Gasteiger charge is 2.22. The van der Waals surface area contributed by atoms with Crippen LogP contribution in [0.4, 0.5) is 23.2 Å². The predicted octanol–water partition coefficient (Wildman–Crippen LogP) is 2.86. The van der Waals surface area contributed by atoms with Crippen molar-refractivity contribution < 1.29 is 22.4 Å². The first-order chi connectivity index (χ1) is 13.4. The molecule has 3 aromatic heterocycles. The van der Waals surface area contributed by atoms with E-state index in [0.29, 0.717) is 23.0 Å². The number of carbonyl (C=O) groups is 1. The van der Waals surface area contributed by atoms with Gasteiger partial charge in [0, 0.05) is 24.5 Å². The number of aromatic nitrogens is 6. The molecule has 0 saturated heterocycles. The topological polar surface area (TPSA) is 82.6 Å². The van der Waals surface area contributed by atoms with Gasteiger partial charge >= 0.3 is 0 Å². The first-order valence-corrected chi connectivity index (χ1v) is 8.33. The number of hydrogen-bond donors (Lipinski definition) is 1. The first kappa shape index (κ1) is 19.6. The van der Waals surface area contributed by atoms with Gasteiger partial charge in [-0.15, -0.1) is 0 Å². The summed E-state index contributed by atoms with van der Waals surface area (Å²) in [5, 5.41) is 14.1. The number of aryl methyl sites for hydroxylation is 1. The number of hydrogen-bond acceptors (Lipinski definition) is 4. The summed E-state index contributed by atoms with van der Waals surface area (Å²) in [5.41, 5.74) is -0.286. The van der Waals surface area contributed by atoms with Crippen LogP contribution in [0, 0.1) is 0 Å². The third kappa shape index (κ3) is 4.56. The van der Waals surface area contributed by atoms with Gasteiger partial charge in [0.05, 0.1) is 24.6 Å². The zero-order valence-electron chi connectivity index (χ0n) is 14.8. The number of alkyl halides is 4. The Hall–Kier alpha value is -3.18. The molecule has 0 aromatic carbocycles. The quantitative estimate of drug-likeness (QED) is 0.591. The molecule has 0 aliphatic carbocycles. The SMILES string of the molecule is CCn1cc(Cn2cc(NC(=O)Cn3nc(C(F)F)cc3C(F)F)cn2)cn1. The Labute approximate surface area is 156 Å². The number of halogens is 4. The summed E-state index contributed by atoms with van der Waals surface area (Å²) in [4.78, 5) is 12.1. The summed E-state index contributed by atoms with van der Waals surface area (Å²) >= 11 is 0. The Balaban J connectivity index is 1.63. The lowest BCUT2D eigenvalue weighted by Gasteiger charge is -2.06. The van der Waals surface area contributed by atoms with E-state index >= 15 is 0 Å². The molecule has 1 amide bonds. The normalized spacial score (nSPS) is 11.5. The second-order valence-corrected chi connectivity index (χ2v) is 5.93. The largest absolute Gasteiger partial charge is 0.322 e. The minimum atomic E-state index is -3.03. The van der Waals surface area contributed by atoms with Crippen LogP contribution < -0.4 is 5.32 Å². The third-order valence-electron chi connectivity index (χ3n) is 3.84. The molecule has 0 saturated carbocycles. The number of nitrogens with zero attached hydrogens (tertiary/aromatic N) is 6. The zero-order valence-corrected chi connectivity index (χ0v) is 14.8. The molecule has 0 aliphatic heterocycles. The highest BCUT2D eigenvalue weighted by Crippen LogP contribution is 2.25. The fourth-order valence-corrected chi connectivity index (χ4v) is 2.56. The number of anilines is 1. The van der Waals surface area contributed by atoms with E-state index in [-0.39, 0.29) is 0 Å². The number of nitrogens with one attached hydrogen (secondary N) is 1. The van der Waals surface area contributed by atoms with Crippen LogP contribution in [0.15, 0.2) is 30.9 Å². The first-order valence-electron chi connectivity index (χ1n) is 8.33. The molecule has 12 heteroatoms. The van der Waals surface area contributed by atoms with Crippen LogP contribution >= 0.6 is 0 Å². The van der Waals surface area contributed by atoms with E-state index in [4.69, 9.17) is 0 Å². The van der Waals surface area contributed by atoms with Crippen molar-refractivity contribution >= 4 is 11.6 Å². The molecule has 3 rings (SSSR count). The van der Waals surface area contributed by atoms with Gasteiger partial charge in [0.25, 0.3) is 12.9 Å². The van der Waals surface area contributed by atoms with E-state index in [1.165, 1.54) is 6.20 Å². The molecular formula is C16H17F4N7O. The molecule has 1 N–H and O–H groups in total. The fourth-order valence-electron chi connectivity index (χ4n) is 2.56. The van der Waals surface area contributed by atoms with Crippen molar-refractivity contribution in [2.24, 2.45) is 0 Å². The number of carbonyl (C=O) groups excluding carboxylic acids is 1. The minimum Gasteiger partial charge on any atom is -0.322 e. The highest BCUT2D eigenvalue weighted by molar-refractivity contribution is 5.90. The van der Waals surface area contributed by atoms with Gasteiger partial charge in [-0.2, -0.15) is 15.3 Å². The van der Waals surface area contributed by atoms with Gasteiger partial charge in [0.1, 0.15) is 17.9 Å². The molecule has 3 aromatic rings. The molecule has 0 bridgehead atoms. The fraction of sp³-hybridized carbons (Fsp3) is 0.375. The Morgan fingerprint density at radius 2 is 1.86 bits per heavy atom. The molecule has 28 heavy (non-hydrogen) atoms. The van der Waals surface area contributed by atoms with Crippen molar-refractivity contribution in [2.75, 3.05) is 5.32 Å². The summed E-state index contributed by atoms with van der Waals surface area (Å²) in [6.07, 6.45) is 0.487. The standard InChI is InChI=1S/C16H17F4N7O/c1-2-25-6-10(4-21-25)7-26-8-11(5-22-26)23-14(28)9-27-13(16(19)20)3-12(24-27)15(17)18/h3-6,8,15-16H,2,7,9H2,1H3,(H,23,28). The Morgan fingerprint density at radius 1 is 1.11 bits per heavy atom. The predicted molar refractivity (Wildman–Crippen MR) is 90.0 cm³/mol. The van der Waals surface area contributed by atoms with E-state index in [1.807, 2.05) is 13.1 Å². The van der Waals surface area contributed by atoms with E-state index in [2.05, 4.69) is 20.6 Å². The van der Waals surface area contributed by atoms with E-state index in [9.17, 15) is 22.4 Å². The molecule has 150 valence electrons. The summed E-state index contributed by atoms with van der Waals surface area (Å²) in [7, 11) is 0. The molecule has 0 aliphatic rings. The second kappa shape index (κ2) is 8.23. The second-order valence-electron chi connectivity index (χ2n) is 5.93. The van der Waals surface area contributed by atoms with Crippen molar-refractivity contribution in [1.82, 2.24) is 29.3 Å². The van der Waals surface area contributed by atoms with E-state index < -0.39 is 36.7 Å². The van der Waals surface area contributed by atoms with Crippen LogP contribution in [-0.4, -0.2) is 35.2 Å². The monoisotopic (exact) mass is 399 g/mol. The van der Waals surface area contributed by atoms with Crippen LogP contribution in [0.1, 0.15) is 36.7 Å². The Kier molecular flexibility index (Phi) is 5.76. The lowest BCUT2D eigenvalue weighted by Crippen LogP contribution is -2.21. The lowest BCUT2D eigenvalue weighted by atomic mass is 10.3. The van der Waals surface area contributed by atoms with Crippen molar-refractivity contribution in [3.8, 4) is 0 Å². The maximum atomic E-state index is 13.0. The zero-order chi connectivity index (χ0) is 20.3. The number of rotatable bonds is 8. The number of amides is 1. The summed E-state index contributed by atoms with van der Waals surface area (Å²) in [6.45, 7) is 2.51. The summed E-state index contributed by atoms with van der Waals surface area (Å²) in [6, 6.07) is 0.594. The minimum absolute atomic E-state index is 0.340. The average molecular weight is 399 g/mol. The van der Waals surface area contributed by atoms with Crippen molar-refractivity contribution in [3.63, 3.8) is 0 Å². The average Bonchev–Trinajstić information content (AvgIpc) is 3.35. The summed E-state index contributed by atoms with van der Waals surface area (Å²) in [5.74, 6) is -0.691. The van der Waals surface area contributed by atoms with Gasteiger partial charge in [-0.1, -0.05) is 0 Å². The van der Waals surface area contributed by atoms with Gasteiger partial charge in [-0.25, -0.2) is 17.6 Å². The molecule has 3 heterocycles. The third-order valence-corrected chi connectivity index (χ3v) is 3.84. The molecule has 0 fully saturated rings. The van der Waals surface area contributed by atoms with Gasteiger partial charge in [0.15, 0.2) is 0 Å². The van der Waals surface area contributed by atoms with Crippen LogP contribution in [0.5, 0.6) is 0 Å². The molecule has 0 atom stereocenters. The van der Waals surface area contributed by atoms with Gasteiger partial charge in [-0.05, 0) is 13.0 Å². The molecular weight excluding hydrogens is 382 g/mol. The molecule has 8 nitrogen and oxygen atoms in total. The van der Waals surface area contributed by atoms with Crippen LogP contribution in [-0.2, 0) is 24.4 Å².